The number of ether oxygens (including phenoxy) is 1. The molecule has 0 radical (unpaired) electrons. The summed E-state index contributed by atoms with van der Waals surface area (Å²) >= 11 is 0. The van der Waals surface area contributed by atoms with Crippen molar-refractivity contribution >= 4 is 5.91 Å². The Balaban J connectivity index is 1.65. The number of hydrogen-bond donors (Lipinski definition) is 0. The highest BCUT2D eigenvalue weighted by molar-refractivity contribution is 5.76. The van der Waals surface area contributed by atoms with Crippen molar-refractivity contribution in [2.75, 3.05) is 33.4 Å². The molecule has 3 rings (SSSR count). The molecule has 5 heteroatoms. The maximum atomic E-state index is 12.4. The van der Waals surface area contributed by atoms with Gasteiger partial charge >= 0.3 is 0 Å². The molecule has 0 aliphatic carbocycles. The lowest BCUT2D eigenvalue weighted by Crippen LogP contribution is -2.52. The number of amides is 1. The van der Waals surface area contributed by atoms with Gasteiger partial charge in [-0.25, -0.2) is 0 Å². The van der Waals surface area contributed by atoms with Gasteiger partial charge in [-0.1, -0.05) is 6.07 Å². The van der Waals surface area contributed by atoms with E-state index in [1.807, 2.05) is 12.4 Å². The topological polar surface area (TPSA) is 45.7 Å². The van der Waals surface area contributed by atoms with Crippen molar-refractivity contribution < 1.29 is 9.53 Å². The molecule has 2 atom stereocenters. The maximum absolute atomic E-state index is 12.4. The average Bonchev–Trinajstić information content (AvgIpc) is 2.71. The Kier molecular flexibility index (Phi) is 5.85. The van der Waals surface area contributed by atoms with Crippen molar-refractivity contribution in [1.82, 2.24) is 14.8 Å². The third kappa shape index (κ3) is 4.14. The number of rotatable bonds is 5. The third-order valence-electron chi connectivity index (χ3n) is 5.34. The number of carbonyl (C=O) groups is 1. The van der Waals surface area contributed by atoms with Gasteiger partial charge in [-0.05, 0) is 43.2 Å². The van der Waals surface area contributed by atoms with Crippen molar-refractivity contribution in [3.63, 3.8) is 0 Å². The molecule has 1 amide bonds. The second kappa shape index (κ2) is 8.08. The summed E-state index contributed by atoms with van der Waals surface area (Å²) in [5, 5.41) is 0. The predicted molar refractivity (Wildman–Crippen MR) is 93.6 cm³/mol. The zero-order valence-electron chi connectivity index (χ0n) is 14.9. The minimum absolute atomic E-state index is 0.316. The van der Waals surface area contributed by atoms with Crippen LogP contribution in [0.15, 0.2) is 18.5 Å². The van der Waals surface area contributed by atoms with E-state index in [9.17, 15) is 4.79 Å². The fourth-order valence-corrected chi connectivity index (χ4v) is 4.22. The first-order valence-corrected chi connectivity index (χ1v) is 9.08. The molecular weight excluding hydrogens is 302 g/mol. The maximum Gasteiger partial charge on any atom is 0.222 e. The summed E-state index contributed by atoms with van der Waals surface area (Å²) in [6, 6.07) is 2.61. The molecule has 0 spiro atoms. The van der Waals surface area contributed by atoms with Crippen LogP contribution >= 0.6 is 0 Å². The highest BCUT2D eigenvalue weighted by Crippen LogP contribution is 2.31. The minimum atomic E-state index is 0.316. The van der Waals surface area contributed by atoms with Crippen molar-refractivity contribution in [3.05, 3.63) is 29.6 Å². The summed E-state index contributed by atoms with van der Waals surface area (Å²) in [7, 11) is 1.71. The number of aromatic nitrogens is 1. The zero-order valence-corrected chi connectivity index (χ0v) is 14.9. The van der Waals surface area contributed by atoms with Gasteiger partial charge in [0.2, 0.25) is 5.91 Å². The monoisotopic (exact) mass is 331 g/mol. The summed E-state index contributed by atoms with van der Waals surface area (Å²) in [5.41, 5.74) is 2.50. The van der Waals surface area contributed by atoms with Crippen LogP contribution in [0.2, 0.25) is 0 Å². The van der Waals surface area contributed by atoms with Crippen molar-refractivity contribution in [2.45, 2.75) is 45.2 Å². The number of methoxy groups -OCH3 is 1. The Morgan fingerprint density at radius 3 is 3.00 bits per heavy atom. The Morgan fingerprint density at radius 1 is 1.33 bits per heavy atom. The van der Waals surface area contributed by atoms with Gasteiger partial charge in [-0.2, -0.15) is 0 Å². The smallest absolute Gasteiger partial charge is 0.222 e. The van der Waals surface area contributed by atoms with Gasteiger partial charge in [0.1, 0.15) is 0 Å². The van der Waals surface area contributed by atoms with Crippen molar-refractivity contribution in [2.24, 2.45) is 5.92 Å². The van der Waals surface area contributed by atoms with Gasteiger partial charge in [0.05, 0.1) is 6.61 Å². The number of fused-ring (bicyclic) bond motifs is 1. The Labute approximate surface area is 145 Å². The molecule has 0 aromatic carbocycles. The number of piperidine rings is 1. The van der Waals surface area contributed by atoms with E-state index in [1.165, 1.54) is 11.1 Å². The summed E-state index contributed by atoms with van der Waals surface area (Å²) in [6.45, 7) is 6.55. The van der Waals surface area contributed by atoms with E-state index in [0.29, 0.717) is 30.9 Å². The lowest BCUT2D eigenvalue weighted by atomic mass is 9.88. The summed E-state index contributed by atoms with van der Waals surface area (Å²) in [4.78, 5) is 21.4. The van der Waals surface area contributed by atoms with Crippen LogP contribution in [0.3, 0.4) is 0 Å². The predicted octanol–water partition coefficient (Wildman–Crippen LogP) is 2.24. The number of likely N-dealkylation sites (tertiary alicyclic amines) is 2. The molecule has 0 unspecified atom stereocenters. The molecular formula is C19H29N3O2. The highest BCUT2D eigenvalue weighted by Gasteiger charge is 2.37. The van der Waals surface area contributed by atoms with Crippen LogP contribution in [-0.2, 0) is 16.1 Å². The molecule has 3 heterocycles. The summed E-state index contributed by atoms with van der Waals surface area (Å²) in [6.07, 6.45) is 7.81. The fourth-order valence-electron chi connectivity index (χ4n) is 4.22. The summed E-state index contributed by atoms with van der Waals surface area (Å²) in [5.74, 6) is 0.899. The van der Waals surface area contributed by atoms with Crippen LogP contribution in [0.5, 0.6) is 0 Å². The second-order valence-corrected chi connectivity index (χ2v) is 7.19. The Hall–Kier alpha value is -1.46. The van der Waals surface area contributed by atoms with Gasteiger partial charge < -0.3 is 9.64 Å². The molecule has 2 aliphatic heterocycles. The molecule has 1 aromatic rings. The zero-order chi connectivity index (χ0) is 16.9. The fraction of sp³-hybridized carbons (Fsp3) is 0.684. The first kappa shape index (κ1) is 17.4. The molecule has 132 valence electrons. The van der Waals surface area contributed by atoms with Crippen LogP contribution < -0.4 is 0 Å². The lowest BCUT2D eigenvalue weighted by molar-refractivity contribution is -0.135. The quantitative estimate of drug-likeness (QED) is 0.830. The molecule has 2 saturated heterocycles. The normalized spacial score (nSPS) is 25.4. The van der Waals surface area contributed by atoms with Crippen LogP contribution in [0.25, 0.3) is 0 Å². The third-order valence-corrected chi connectivity index (χ3v) is 5.34. The first-order valence-electron chi connectivity index (χ1n) is 9.08. The van der Waals surface area contributed by atoms with E-state index in [1.54, 1.807) is 7.11 Å². The van der Waals surface area contributed by atoms with E-state index in [4.69, 9.17) is 4.74 Å². The number of hydrogen-bond acceptors (Lipinski definition) is 4. The van der Waals surface area contributed by atoms with E-state index in [2.05, 4.69) is 27.8 Å². The molecule has 1 aromatic heterocycles. The minimum Gasteiger partial charge on any atom is -0.383 e. The molecule has 0 saturated carbocycles. The van der Waals surface area contributed by atoms with Gasteiger partial charge in [0, 0.05) is 58.1 Å². The van der Waals surface area contributed by atoms with E-state index >= 15 is 0 Å². The largest absolute Gasteiger partial charge is 0.383 e. The Morgan fingerprint density at radius 2 is 2.21 bits per heavy atom. The molecule has 2 fully saturated rings. The van der Waals surface area contributed by atoms with Crippen molar-refractivity contribution in [3.8, 4) is 0 Å². The molecule has 0 bridgehead atoms. The van der Waals surface area contributed by atoms with Crippen LogP contribution in [0, 0.1) is 12.8 Å². The molecule has 24 heavy (non-hydrogen) atoms. The van der Waals surface area contributed by atoms with Crippen LogP contribution in [0.1, 0.15) is 36.8 Å². The van der Waals surface area contributed by atoms with Gasteiger partial charge in [-0.15, -0.1) is 0 Å². The van der Waals surface area contributed by atoms with Crippen molar-refractivity contribution in [1.29, 1.82) is 0 Å². The number of aryl methyl sites for hydroxylation is 1. The molecule has 2 aliphatic rings. The first-order chi connectivity index (χ1) is 11.7. The van der Waals surface area contributed by atoms with Crippen LogP contribution in [-0.4, -0.2) is 60.1 Å². The Bertz CT molecular complexity index is 563. The number of pyridine rings is 1. The van der Waals surface area contributed by atoms with Gasteiger partial charge in [-0.3, -0.25) is 14.7 Å². The molecule has 5 nitrogen and oxygen atoms in total. The van der Waals surface area contributed by atoms with E-state index in [-0.39, 0.29) is 0 Å². The average molecular weight is 331 g/mol. The van der Waals surface area contributed by atoms with E-state index in [0.717, 1.165) is 45.4 Å². The molecule has 0 N–H and O–H groups in total. The highest BCUT2D eigenvalue weighted by atomic mass is 16.5. The SMILES string of the molecule is COCCN1C(=O)CCC[C@H]2CN(Cc3cncc(C)c3)CC[C@H]21. The standard InChI is InChI=1S/C19H29N3O2/c1-15-10-16(12-20-11-15)13-21-7-6-18-17(14-21)4-3-5-19(23)22(18)8-9-24-2/h10-12,17-18H,3-9,13-14H2,1-2H3/t17-,18+/m0/s1. The lowest BCUT2D eigenvalue weighted by Gasteiger charge is -2.42. The number of carbonyl (C=O) groups excluding carboxylic acids is 1. The second-order valence-electron chi connectivity index (χ2n) is 7.19. The van der Waals surface area contributed by atoms with Gasteiger partial charge in [0.15, 0.2) is 0 Å². The van der Waals surface area contributed by atoms with Gasteiger partial charge in [0.25, 0.3) is 0 Å². The van der Waals surface area contributed by atoms with E-state index < -0.39 is 0 Å². The van der Waals surface area contributed by atoms with Crippen LogP contribution in [0.4, 0.5) is 0 Å². The summed E-state index contributed by atoms with van der Waals surface area (Å²) < 4.78 is 5.21. The number of nitrogens with zero attached hydrogens (tertiary/aromatic N) is 3.